The maximum atomic E-state index is 9.29. The Balaban J connectivity index is 4.02. The van der Waals surface area contributed by atoms with Crippen molar-refractivity contribution in [2.45, 2.75) is 26.4 Å². The number of hydrogen-bond acceptors (Lipinski definition) is 3. The molecule has 0 fully saturated rings. The van der Waals surface area contributed by atoms with Crippen LogP contribution in [0.25, 0.3) is 0 Å². The normalized spacial score (nSPS) is 20.1. The summed E-state index contributed by atoms with van der Waals surface area (Å²) in [6.45, 7) is 3.95. The Morgan fingerprint density at radius 1 is 1.60 bits per heavy atom. The van der Waals surface area contributed by atoms with E-state index in [1.807, 2.05) is 13.8 Å². The second-order valence-corrected chi connectivity index (χ2v) is 2.92. The van der Waals surface area contributed by atoms with E-state index in [2.05, 4.69) is 0 Å². The lowest BCUT2D eigenvalue weighted by Crippen LogP contribution is -2.40. The van der Waals surface area contributed by atoms with Gasteiger partial charge < -0.3 is 15.9 Å². The number of aliphatic hydroxyl groups is 2. The van der Waals surface area contributed by atoms with Crippen molar-refractivity contribution in [3.05, 3.63) is 0 Å². The predicted octanol–water partition coefficient (Wildman–Crippen LogP) is -0.285. The van der Waals surface area contributed by atoms with Crippen molar-refractivity contribution in [3.8, 4) is 0 Å². The summed E-state index contributed by atoms with van der Waals surface area (Å²) in [4.78, 5) is 0. The Hall–Kier alpha value is -0.120. The van der Waals surface area contributed by atoms with Crippen molar-refractivity contribution < 1.29 is 10.2 Å². The maximum Gasteiger partial charge on any atom is 0.0737 e. The van der Waals surface area contributed by atoms with Crippen LogP contribution in [0.1, 0.15) is 20.3 Å². The predicted molar refractivity (Wildman–Crippen MR) is 40.5 cm³/mol. The van der Waals surface area contributed by atoms with Gasteiger partial charge in [0.2, 0.25) is 0 Å². The van der Waals surface area contributed by atoms with Crippen LogP contribution in [0.3, 0.4) is 0 Å². The van der Waals surface area contributed by atoms with Crippen molar-refractivity contribution in [2.75, 3.05) is 13.2 Å². The second kappa shape index (κ2) is 3.91. The van der Waals surface area contributed by atoms with E-state index in [1.54, 1.807) is 0 Å². The first kappa shape index (κ1) is 9.88. The Bertz CT molecular complexity index is 91.6. The highest BCUT2D eigenvalue weighted by molar-refractivity contribution is 4.80. The van der Waals surface area contributed by atoms with E-state index in [1.165, 1.54) is 0 Å². The molecular formula is C7H17NO2. The summed E-state index contributed by atoms with van der Waals surface area (Å²) < 4.78 is 0. The summed E-state index contributed by atoms with van der Waals surface area (Å²) in [5.74, 6) is 0. The van der Waals surface area contributed by atoms with Crippen LogP contribution in [0.15, 0.2) is 0 Å². The average Bonchev–Trinajstić information content (AvgIpc) is 2.01. The van der Waals surface area contributed by atoms with Gasteiger partial charge in [-0.05, 0) is 6.42 Å². The highest BCUT2D eigenvalue weighted by Gasteiger charge is 2.28. The summed E-state index contributed by atoms with van der Waals surface area (Å²) in [5.41, 5.74) is 4.83. The monoisotopic (exact) mass is 147 g/mol. The average molecular weight is 147 g/mol. The van der Waals surface area contributed by atoms with Crippen LogP contribution in [-0.4, -0.2) is 29.5 Å². The van der Waals surface area contributed by atoms with E-state index in [4.69, 9.17) is 10.8 Å². The van der Waals surface area contributed by atoms with Crippen molar-refractivity contribution >= 4 is 0 Å². The summed E-state index contributed by atoms with van der Waals surface area (Å²) in [5, 5.41) is 18.2. The van der Waals surface area contributed by atoms with Crippen LogP contribution in [0.2, 0.25) is 0 Å². The van der Waals surface area contributed by atoms with E-state index in [9.17, 15) is 5.11 Å². The number of hydrogen-bond donors (Lipinski definition) is 3. The zero-order chi connectivity index (χ0) is 8.20. The van der Waals surface area contributed by atoms with Gasteiger partial charge in [0.15, 0.2) is 0 Å². The van der Waals surface area contributed by atoms with Gasteiger partial charge in [-0.1, -0.05) is 13.8 Å². The molecule has 0 radical (unpaired) electrons. The summed E-state index contributed by atoms with van der Waals surface area (Å²) in [7, 11) is 0. The van der Waals surface area contributed by atoms with E-state index in [-0.39, 0.29) is 13.2 Å². The molecule has 3 nitrogen and oxygen atoms in total. The largest absolute Gasteiger partial charge is 0.396 e. The molecule has 0 aliphatic heterocycles. The molecular weight excluding hydrogens is 130 g/mol. The molecule has 0 aromatic rings. The molecule has 0 rings (SSSR count). The molecule has 0 amide bonds. The molecule has 2 unspecified atom stereocenters. The van der Waals surface area contributed by atoms with Crippen LogP contribution in [-0.2, 0) is 0 Å². The van der Waals surface area contributed by atoms with Crippen molar-refractivity contribution in [2.24, 2.45) is 11.1 Å². The number of aliphatic hydroxyl groups excluding tert-OH is 2. The lowest BCUT2D eigenvalue weighted by atomic mass is 9.82. The molecule has 10 heavy (non-hydrogen) atoms. The Morgan fingerprint density at radius 3 is 2.20 bits per heavy atom. The molecule has 0 spiro atoms. The summed E-state index contributed by atoms with van der Waals surface area (Å²) in [6.07, 6.45) is 0.143. The Labute approximate surface area is 61.9 Å². The van der Waals surface area contributed by atoms with E-state index in [0.717, 1.165) is 6.42 Å². The number of nitrogens with two attached hydrogens (primary N) is 1. The first-order chi connectivity index (χ1) is 4.60. The van der Waals surface area contributed by atoms with Crippen molar-refractivity contribution in [1.82, 2.24) is 0 Å². The smallest absolute Gasteiger partial charge is 0.0737 e. The second-order valence-electron chi connectivity index (χ2n) is 2.92. The van der Waals surface area contributed by atoms with Crippen LogP contribution in [0.5, 0.6) is 0 Å². The Kier molecular flexibility index (Phi) is 3.86. The molecule has 0 aliphatic rings. The van der Waals surface area contributed by atoms with Gasteiger partial charge in [0.05, 0.1) is 12.7 Å². The minimum absolute atomic E-state index is 0.0120. The lowest BCUT2D eigenvalue weighted by Gasteiger charge is -2.30. The lowest BCUT2D eigenvalue weighted by molar-refractivity contribution is -0.00186. The fourth-order valence-electron chi connectivity index (χ4n) is 0.737. The van der Waals surface area contributed by atoms with Gasteiger partial charge in [0, 0.05) is 12.0 Å². The molecule has 3 heteroatoms. The molecule has 0 saturated heterocycles. The molecule has 0 aliphatic carbocycles. The van der Waals surface area contributed by atoms with Gasteiger partial charge >= 0.3 is 0 Å². The number of rotatable bonds is 4. The van der Waals surface area contributed by atoms with Gasteiger partial charge in [-0.15, -0.1) is 0 Å². The molecule has 62 valence electrons. The standard InChI is InChI=1S/C7H17NO2/c1-3-7(2,5-9)6(10)4-8/h6,9-10H,3-5,8H2,1-2H3. The molecule has 4 N–H and O–H groups in total. The molecule has 0 aromatic heterocycles. The van der Waals surface area contributed by atoms with Gasteiger partial charge in [0.25, 0.3) is 0 Å². The van der Waals surface area contributed by atoms with Gasteiger partial charge in [-0.3, -0.25) is 0 Å². The molecule has 0 heterocycles. The molecule has 2 atom stereocenters. The fraction of sp³-hybridized carbons (Fsp3) is 1.00. The molecule has 0 saturated carbocycles. The van der Waals surface area contributed by atoms with Crippen molar-refractivity contribution in [1.29, 1.82) is 0 Å². The van der Waals surface area contributed by atoms with Gasteiger partial charge in [-0.2, -0.15) is 0 Å². The fourth-order valence-corrected chi connectivity index (χ4v) is 0.737. The zero-order valence-corrected chi connectivity index (χ0v) is 6.67. The first-order valence-electron chi connectivity index (χ1n) is 3.59. The highest BCUT2D eigenvalue weighted by atomic mass is 16.3. The third kappa shape index (κ3) is 1.94. The van der Waals surface area contributed by atoms with E-state index >= 15 is 0 Å². The van der Waals surface area contributed by atoms with Crippen LogP contribution in [0, 0.1) is 5.41 Å². The third-order valence-electron chi connectivity index (χ3n) is 2.20. The third-order valence-corrected chi connectivity index (χ3v) is 2.20. The minimum Gasteiger partial charge on any atom is -0.396 e. The van der Waals surface area contributed by atoms with Crippen LogP contribution >= 0.6 is 0 Å². The van der Waals surface area contributed by atoms with Gasteiger partial charge in [0.1, 0.15) is 0 Å². The van der Waals surface area contributed by atoms with Crippen LogP contribution in [0.4, 0.5) is 0 Å². The van der Waals surface area contributed by atoms with Gasteiger partial charge in [-0.25, -0.2) is 0 Å². The SMILES string of the molecule is CCC(C)(CO)C(O)CN. The maximum absolute atomic E-state index is 9.29. The van der Waals surface area contributed by atoms with Crippen molar-refractivity contribution in [3.63, 3.8) is 0 Å². The van der Waals surface area contributed by atoms with Crippen LogP contribution < -0.4 is 5.73 Å². The highest BCUT2D eigenvalue weighted by Crippen LogP contribution is 2.23. The molecule has 0 aromatic carbocycles. The Morgan fingerprint density at radius 2 is 2.10 bits per heavy atom. The molecule has 0 bridgehead atoms. The van der Waals surface area contributed by atoms with E-state index in [0.29, 0.717) is 0 Å². The van der Waals surface area contributed by atoms with E-state index < -0.39 is 11.5 Å². The minimum atomic E-state index is -0.595. The summed E-state index contributed by atoms with van der Waals surface area (Å²) >= 11 is 0. The quantitative estimate of drug-likeness (QED) is 0.512. The zero-order valence-electron chi connectivity index (χ0n) is 6.67. The summed E-state index contributed by atoms with van der Waals surface area (Å²) in [6, 6.07) is 0. The topological polar surface area (TPSA) is 66.5 Å². The first-order valence-corrected chi connectivity index (χ1v) is 3.59.